The van der Waals surface area contributed by atoms with E-state index in [1.807, 2.05) is 6.07 Å². The molecule has 0 spiro atoms. The Morgan fingerprint density at radius 2 is 1.91 bits per heavy atom. The van der Waals surface area contributed by atoms with Gasteiger partial charge in [0.25, 0.3) is 5.91 Å². The number of hydrogen-bond acceptors (Lipinski definition) is 5. The van der Waals surface area contributed by atoms with Gasteiger partial charge in [0.1, 0.15) is 12.4 Å². The SMILES string of the molecule is COc1cc(C(=O)N/N=C\c2cc(Cl)c(OCc3ccccc3C#N)c(Cl)c2)ccc1I. The van der Waals surface area contributed by atoms with Crippen molar-refractivity contribution in [2.24, 2.45) is 5.10 Å². The number of benzene rings is 3. The van der Waals surface area contributed by atoms with Crippen LogP contribution in [0.2, 0.25) is 10.0 Å². The molecule has 3 aromatic carbocycles. The van der Waals surface area contributed by atoms with Crippen LogP contribution in [0.15, 0.2) is 59.7 Å². The molecular weight excluding hydrogens is 564 g/mol. The summed E-state index contributed by atoms with van der Waals surface area (Å²) in [5.74, 6) is 0.520. The van der Waals surface area contributed by atoms with E-state index in [1.54, 1.807) is 55.6 Å². The Morgan fingerprint density at radius 1 is 1.19 bits per heavy atom. The van der Waals surface area contributed by atoms with Crippen molar-refractivity contribution in [3.8, 4) is 17.6 Å². The normalized spacial score (nSPS) is 10.6. The standard InChI is InChI=1S/C23H16Cl2IN3O3/c1-31-21-10-15(6-7-20(21)26)23(30)29-28-12-14-8-18(24)22(19(25)9-14)32-13-17-5-3-2-4-16(17)11-27/h2-10,12H,13H2,1H3,(H,29,30)/b28-12-. The first-order chi connectivity index (χ1) is 15.4. The number of halogens is 3. The number of nitrogens with zero attached hydrogens (tertiary/aromatic N) is 2. The number of carbonyl (C=O) groups excluding carboxylic acids is 1. The molecule has 1 N–H and O–H groups in total. The predicted octanol–water partition coefficient (Wildman–Crippen LogP) is 5.82. The average Bonchev–Trinajstić information content (AvgIpc) is 2.79. The van der Waals surface area contributed by atoms with Gasteiger partial charge in [-0.2, -0.15) is 10.4 Å². The summed E-state index contributed by atoms with van der Waals surface area (Å²) in [5, 5.41) is 13.7. The van der Waals surface area contributed by atoms with Gasteiger partial charge in [0.2, 0.25) is 0 Å². The van der Waals surface area contributed by atoms with Crippen LogP contribution in [0.3, 0.4) is 0 Å². The minimum Gasteiger partial charge on any atom is -0.496 e. The minimum atomic E-state index is -0.385. The lowest BCUT2D eigenvalue weighted by molar-refractivity contribution is 0.0954. The summed E-state index contributed by atoms with van der Waals surface area (Å²) in [4.78, 5) is 12.3. The maximum atomic E-state index is 12.3. The molecule has 9 heteroatoms. The molecular formula is C23H16Cl2IN3O3. The molecule has 1 amide bonds. The molecule has 3 rings (SSSR count). The molecule has 0 atom stereocenters. The van der Waals surface area contributed by atoms with E-state index in [0.29, 0.717) is 28.2 Å². The number of carbonyl (C=O) groups is 1. The van der Waals surface area contributed by atoms with Gasteiger partial charge in [-0.05, 0) is 64.6 Å². The summed E-state index contributed by atoms with van der Waals surface area (Å²) < 4.78 is 11.9. The summed E-state index contributed by atoms with van der Waals surface area (Å²) in [5.41, 5.74) is 4.69. The Labute approximate surface area is 208 Å². The molecule has 0 bridgehead atoms. The van der Waals surface area contributed by atoms with Crippen LogP contribution in [0.1, 0.15) is 27.0 Å². The summed E-state index contributed by atoms with van der Waals surface area (Å²) in [6.45, 7) is 0.145. The van der Waals surface area contributed by atoms with E-state index >= 15 is 0 Å². The Balaban J connectivity index is 1.67. The topological polar surface area (TPSA) is 83.7 Å². The van der Waals surface area contributed by atoms with Crippen LogP contribution >= 0.6 is 45.8 Å². The first kappa shape index (κ1) is 23.9. The van der Waals surface area contributed by atoms with Crippen LogP contribution in [0.5, 0.6) is 11.5 Å². The summed E-state index contributed by atoms with van der Waals surface area (Å²) in [6, 6.07) is 17.6. The predicted molar refractivity (Wildman–Crippen MR) is 133 cm³/mol. The number of ether oxygens (including phenoxy) is 2. The molecule has 32 heavy (non-hydrogen) atoms. The van der Waals surface area contributed by atoms with E-state index in [1.165, 1.54) is 6.21 Å². The molecule has 0 unspecified atom stereocenters. The van der Waals surface area contributed by atoms with Crippen molar-refractivity contribution >= 4 is 57.9 Å². The maximum absolute atomic E-state index is 12.3. The Hall–Kier alpha value is -2.80. The highest BCUT2D eigenvalue weighted by Crippen LogP contribution is 2.34. The summed E-state index contributed by atoms with van der Waals surface area (Å²) in [6.07, 6.45) is 1.42. The van der Waals surface area contributed by atoms with E-state index in [9.17, 15) is 10.1 Å². The van der Waals surface area contributed by atoms with Crippen LogP contribution in [-0.2, 0) is 6.61 Å². The van der Waals surface area contributed by atoms with Crippen molar-refractivity contribution in [1.82, 2.24) is 5.43 Å². The van der Waals surface area contributed by atoms with Crippen molar-refractivity contribution < 1.29 is 14.3 Å². The fraction of sp³-hybridized carbons (Fsp3) is 0.0870. The number of methoxy groups -OCH3 is 1. The second kappa shape index (κ2) is 11.2. The zero-order valence-electron chi connectivity index (χ0n) is 16.7. The largest absolute Gasteiger partial charge is 0.496 e. The monoisotopic (exact) mass is 579 g/mol. The van der Waals surface area contributed by atoms with Gasteiger partial charge >= 0.3 is 0 Å². The van der Waals surface area contributed by atoms with Crippen molar-refractivity contribution in [3.05, 3.63) is 90.5 Å². The lowest BCUT2D eigenvalue weighted by atomic mass is 10.1. The van der Waals surface area contributed by atoms with Crippen molar-refractivity contribution in [2.45, 2.75) is 6.61 Å². The van der Waals surface area contributed by atoms with Crippen LogP contribution in [0, 0.1) is 14.9 Å². The number of nitriles is 1. The number of amides is 1. The van der Waals surface area contributed by atoms with Gasteiger partial charge in [-0.3, -0.25) is 4.79 Å². The highest BCUT2D eigenvalue weighted by molar-refractivity contribution is 14.1. The van der Waals surface area contributed by atoms with Crippen LogP contribution < -0.4 is 14.9 Å². The van der Waals surface area contributed by atoms with Crippen molar-refractivity contribution in [1.29, 1.82) is 5.26 Å². The van der Waals surface area contributed by atoms with Gasteiger partial charge in [-0.15, -0.1) is 0 Å². The molecule has 0 saturated heterocycles. The van der Waals surface area contributed by atoms with E-state index in [-0.39, 0.29) is 22.6 Å². The zero-order valence-corrected chi connectivity index (χ0v) is 20.4. The van der Waals surface area contributed by atoms with E-state index in [4.69, 9.17) is 32.7 Å². The van der Waals surface area contributed by atoms with E-state index in [0.717, 1.165) is 9.13 Å². The minimum absolute atomic E-state index is 0.145. The smallest absolute Gasteiger partial charge is 0.271 e. The maximum Gasteiger partial charge on any atom is 0.271 e. The van der Waals surface area contributed by atoms with Gasteiger partial charge in [0.05, 0.1) is 38.6 Å². The zero-order chi connectivity index (χ0) is 23.1. The van der Waals surface area contributed by atoms with Crippen LogP contribution in [-0.4, -0.2) is 19.2 Å². The van der Waals surface area contributed by atoms with Gasteiger partial charge in [0.15, 0.2) is 5.75 Å². The number of hydrogen-bond donors (Lipinski definition) is 1. The molecule has 0 aliphatic heterocycles. The molecule has 0 aromatic heterocycles. The van der Waals surface area contributed by atoms with E-state index < -0.39 is 0 Å². The van der Waals surface area contributed by atoms with Crippen molar-refractivity contribution in [2.75, 3.05) is 7.11 Å². The molecule has 6 nitrogen and oxygen atoms in total. The summed E-state index contributed by atoms with van der Waals surface area (Å²) >= 11 is 14.8. The highest BCUT2D eigenvalue weighted by Gasteiger charge is 2.12. The van der Waals surface area contributed by atoms with Crippen molar-refractivity contribution in [3.63, 3.8) is 0 Å². The van der Waals surface area contributed by atoms with Gasteiger partial charge in [-0.1, -0.05) is 41.4 Å². The Morgan fingerprint density at radius 3 is 2.59 bits per heavy atom. The third-order valence-corrected chi connectivity index (χ3v) is 5.78. The molecule has 162 valence electrons. The second-order valence-corrected chi connectivity index (χ2v) is 8.40. The van der Waals surface area contributed by atoms with Crippen LogP contribution in [0.4, 0.5) is 0 Å². The van der Waals surface area contributed by atoms with Gasteiger partial charge in [-0.25, -0.2) is 5.43 Å². The Bertz CT molecular complexity index is 1200. The third-order valence-electron chi connectivity index (χ3n) is 4.32. The molecule has 0 fully saturated rings. The van der Waals surface area contributed by atoms with Gasteiger partial charge in [0, 0.05) is 11.1 Å². The lowest BCUT2D eigenvalue weighted by Gasteiger charge is -2.11. The molecule has 0 aliphatic carbocycles. The lowest BCUT2D eigenvalue weighted by Crippen LogP contribution is -2.17. The molecule has 0 saturated carbocycles. The second-order valence-electron chi connectivity index (χ2n) is 6.42. The van der Waals surface area contributed by atoms with Crippen LogP contribution in [0.25, 0.3) is 0 Å². The highest BCUT2D eigenvalue weighted by atomic mass is 127. The first-order valence-corrected chi connectivity index (χ1v) is 11.0. The van der Waals surface area contributed by atoms with E-state index in [2.05, 4.69) is 39.2 Å². The number of rotatable bonds is 7. The fourth-order valence-electron chi connectivity index (χ4n) is 2.73. The average molecular weight is 580 g/mol. The molecule has 0 aliphatic rings. The third kappa shape index (κ3) is 5.91. The Kier molecular flexibility index (Phi) is 8.33. The quantitative estimate of drug-likeness (QED) is 0.217. The number of nitrogens with one attached hydrogen (secondary N) is 1. The molecule has 0 heterocycles. The summed E-state index contributed by atoms with van der Waals surface area (Å²) in [7, 11) is 1.54. The number of hydrazone groups is 1. The fourth-order valence-corrected chi connectivity index (χ4v) is 3.90. The first-order valence-electron chi connectivity index (χ1n) is 9.19. The van der Waals surface area contributed by atoms with Gasteiger partial charge < -0.3 is 9.47 Å². The molecule has 3 aromatic rings. The molecule has 0 radical (unpaired) electrons.